The Balaban J connectivity index is 0.000000706. The second-order valence-corrected chi connectivity index (χ2v) is 7.89. The molecule has 3 aliphatic rings. The molecule has 2 aromatic rings. The molecule has 1 atom stereocenters. The van der Waals surface area contributed by atoms with Gasteiger partial charge in [-0.1, -0.05) is 0 Å². The third-order valence-electron chi connectivity index (χ3n) is 5.23. The van der Waals surface area contributed by atoms with Gasteiger partial charge >= 0.3 is 0 Å². The van der Waals surface area contributed by atoms with Crippen LogP contribution in [-0.4, -0.2) is 63.9 Å². The first-order valence-electron chi connectivity index (χ1n) is 8.93. The molecule has 5 rings (SSSR count). The molecule has 0 radical (unpaired) electrons. The molecular formula is C18H23N5O4S. The quantitative estimate of drug-likeness (QED) is 0.556. The molecule has 9 nitrogen and oxygen atoms in total. The summed E-state index contributed by atoms with van der Waals surface area (Å²) in [6.45, 7) is 4.03. The first-order valence-corrected chi connectivity index (χ1v) is 9.70. The van der Waals surface area contributed by atoms with Gasteiger partial charge < -0.3 is 26.4 Å². The van der Waals surface area contributed by atoms with Crippen LogP contribution in [0.2, 0.25) is 0 Å². The van der Waals surface area contributed by atoms with Crippen molar-refractivity contribution in [1.29, 1.82) is 0 Å². The van der Waals surface area contributed by atoms with Gasteiger partial charge in [0.25, 0.3) is 12.4 Å². The Labute approximate surface area is 166 Å². The maximum atomic E-state index is 12.8. The van der Waals surface area contributed by atoms with E-state index in [0.29, 0.717) is 11.4 Å². The Kier molecular flexibility index (Phi) is 5.92. The number of benzene rings is 1. The van der Waals surface area contributed by atoms with Crippen LogP contribution in [0.15, 0.2) is 18.2 Å². The molecule has 3 fully saturated rings. The number of piperidine rings is 3. The second kappa shape index (κ2) is 8.21. The molecule has 1 aromatic carbocycles. The molecular weight excluding hydrogens is 382 g/mol. The first kappa shape index (κ1) is 20.2. The molecule has 0 spiro atoms. The van der Waals surface area contributed by atoms with Gasteiger partial charge in [0, 0.05) is 43.2 Å². The summed E-state index contributed by atoms with van der Waals surface area (Å²) in [5.41, 5.74) is 7.34. The van der Waals surface area contributed by atoms with Crippen molar-refractivity contribution in [2.75, 3.05) is 25.0 Å². The van der Waals surface area contributed by atoms with E-state index in [1.165, 1.54) is 18.5 Å². The van der Waals surface area contributed by atoms with Crippen LogP contribution in [0, 0.1) is 0 Å². The van der Waals surface area contributed by atoms with E-state index in [1.54, 1.807) is 6.07 Å². The van der Waals surface area contributed by atoms with Crippen LogP contribution in [0.1, 0.15) is 30.3 Å². The summed E-state index contributed by atoms with van der Waals surface area (Å²) in [6, 6.07) is 5.41. The molecule has 0 unspecified atom stereocenters. The van der Waals surface area contributed by atoms with Crippen molar-refractivity contribution < 1.29 is 19.5 Å². The van der Waals surface area contributed by atoms with E-state index in [4.69, 9.17) is 15.6 Å². The Morgan fingerprint density at radius 3 is 2.68 bits per heavy atom. The highest BCUT2D eigenvalue weighted by atomic mass is 32.1. The van der Waals surface area contributed by atoms with Crippen LogP contribution in [0.25, 0.3) is 10.1 Å². The highest BCUT2D eigenvalue weighted by molar-refractivity contribution is 7.13. The standard InChI is InChI=1S/C17H21N5O2S.CH2O2/c1-10(23)19-11-2-3-12-13(8-11)25-21-15(12)16(24)20-14-9-22-6-4-17(14,18)5-7-22;2-1-3/h2-3,8,14H,4-7,9,18H2,1H3,(H,19,23)(H,20,24);1H,(H,2,3)/t14-;/m1./s1. The lowest BCUT2D eigenvalue weighted by atomic mass is 9.77. The zero-order valence-electron chi connectivity index (χ0n) is 15.5. The number of fused-ring (bicyclic) bond motifs is 4. The number of carbonyl (C=O) groups is 3. The summed E-state index contributed by atoms with van der Waals surface area (Å²) in [5.74, 6) is -0.306. The van der Waals surface area contributed by atoms with Crippen LogP contribution in [0.3, 0.4) is 0 Å². The molecule has 0 aliphatic carbocycles. The molecule has 2 bridgehead atoms. The summed E-state index contributed by atoms with van der Waals surface area (Å²) in [4.78, 5) is 34.6. The van der Waals surface area contributed by atoms with E-state index in [0.717, 1.165) is 42.6 Å². The summed E-state index contributed by atoms with van der Waals surface area (Å²) < 4.78 is 5.20. The smallest absolute Gasteiger partial charge is 0.290 e. The first-order chi connectivity index (χ1) is 13.4. The average Bonchev–Trinajstić information content (AvgIpc) is 3.06. The molecule has 4 heterocycles. The van der Waals surface area contributed by atoms with Crippen LogP contribution < -0.4 is 16.4 Å². The number of nitrogens with zero attached hydrogens (tertiary/aromatic N) is 2. The van der Waals surface area contributed by atoms with Gasteiger partial charge in [-0.15, -0.1) is 0 Å². The van der Waals surface area contributed by atoms with Crippen LogP contribution in [-0.2, 0) is 9.59 Å². The summed E-state index contributed by atoms with van der Waals surface area (Å²) in [7, 11) is 0. The van der Waals surface area contributed by atoms with Crippen LogP contribution >= 0.6 is 11.5 Å². The average molecular weight is 405 g/mol. The number of aromatic nitrogens is 1. The molecule has 5 N–H and O–H groups in total. The van der Waals surface area contributed by atoms with E-state index < -0.39 is 0 Å². The molecule has 3 aliphatic heterocycles. The van der Waals surface area contributed by atoms with Crippen molar-refractivity contribution in [3.05, 3.63) is 23.9 Å². The fourth-order valence-electron chi connectivity index (χ4n) is 3.74. The van der Waals surface area contributed by atoms with Crippen LogP contribution in [0.4, 0.5) is 5.69 Å². The molecule has 3 saturated heterocycles. The van der Waals surface area contributed by atoms with Crippen molar-refractivity contribution >= 4 is 45.6 Å². The molecule has 28 heavy (non-hydrogen) atoms. The summed E-state index contributed by atoms with van der Waals surface area (Å²) in [6.07, 6.45) is 1.83. The van der Waals surface area contributed by atoms with Crippen molar-refractivity contribution in [2.45, 2.75) is 31.3 Å². The lowest BCUT2D eigenvalue weighted by Gasteiger charge is -2.51. The highest BCUT2D eigenvalue weighted by Gasteiger charge is 2.45. The molecule has 150 valence electrons. The number of carboxylic acid groups (broad SMARTS) is 1. The lowest BCUT2D eigenvalue weighted by molar-refractivity contribution is -0.123. The largest absolute Gasteiger partial charge is 0.483 e. The number of hydrogen-bond donors (Lipinski definition) is 4. The SMILES string of the molecule is CC(=O)Nc1ccc2c(C(=O)N[C@@H]3CN4CCC3(N)CC4)nsc2c1.O=CO. The third-order valence-corrected chi connectivity index (χ3v) is 6.04. The number of carbonyl (C=O) groups excluding carboxylic acids is 2. The third kappa shape index (κ3) is 4.13. The van der Waals surface area contributed by atoms with E-state index in [1.807, 2.05) is 12.1 Å². The van der Waals surface area contributed by atoms with Gasteiger partial charge in [-0.25, -0.2) is 0 Å². The van der Waals surface area contributed by atoms with Gasteiger partial charge in [-0.05, 0) is 42.6 Å². The minimum Gasteiger partial charge on any atom is -0.483 e. The number of rotatable bonds is 3. The summed E-state index contributed by atoms with van der Waals surface area (Å²) >= 11 is 1.26. The minimum absolute atomic E-state index is 0.0436. The fraction of sp³-hybridized carbons (Fsp3) is 0.444. The Morgan fingerprint density at radius 1 is 1.39 bits per heavy atom. The minimum atomic E-state index is -0.311. The molecule has 0 saturated carbocycles. The second-order valence-electron chi connectivity index (χ2n) is 7.09. The summed E-state index contributed by atoms with van der Waals surface area (Å²) in [5, 5.41) is 13.5. The van der Waals surface area contributed by atoms with Crippen molar-refractivity contribution in [1.82, 2.24) is 14.6 Å². The topological polar surface area (TPSA) is 138 Å². The van der Waals surface area contributed by atoms with Gasteiger partial charge in [0.2, 0.25) is 5.91 Å². The van der Waals surface area contributed by atoms with Crippen molar-refractivity contribution in [2.24, 2.45) is 5.73 Å². The predicted molar refractivity (Wildman–Crippen MR) is 106 cm³/mol. The molecule has 10 heteroatoms. The number of nitrogens with two attached hydrogens (primary N) is 1. The fourth-order valence-corrected chi connectivity index (χ4v) is 4.55. The van der Waals surface area contributed by atoms with Crippen molar-refractivity contribution in [3.63, 3.8) is 0 Å². The van der Waals surface area contributed by atoms with E-state index in [9.17, 15) is 9.59 Å². The Bertz CT molecular complexity index is 891. The number of hydrogen-bond acceptors (Lipinski definition) is 7. The van der Waals surface area contributed by atoms with Gasteiger partial charge in [-0.3, -0.25) is 14.4 Å². The number of anilines is 1. The van der Waals surface area contributed by atoms with Gasteiger partial charge in [0.1, 0.15) is 5.69 Å². The zero-order valence-corrected chi connectivity index (χ0v) is 16.3. The highest BCUT2D eigenvalue weighted by Crippen LogP contribution is 2.31. The Hall–Kier alpha value is -2.56. The normalized spacial score (nSPS) is 25.5. The monoisotopic (exact) mass is 405 g/mol. The lowest BCUT2D eigenvalue weighted by Crippen LogP contribution is -2.71. The van der Waals surface area contributed by atoms with E-state index in [2.05, 4.69) is 19.9 Å². The van der Waals surface area contributed by atoms with Crippen LogP contribution in [0.5, 0.6) is 0 Å². The van der Waals surface area contributed by atoms with Gasteiger partial charge in [0.05, 0.1) is 10.7 Å². The maximum absolute atomic E-state index is 12.8. The predicted octanol–water partition coefficient (Wildman–Crippen LogP) is 0.861. The van der Waals surface area contributed by atoms with Crippen molar-refractivity contribution in [3.8, 4) is 0 Å². The molecule has 1 aromatic heterocycles. The van der Waals surface area contributed by atoms with E-state index >= 15 is 0 Å². The van der Waals surface area contributed by atoms with Gasteiger partial charge in [0.15, 0.2) is 0 Å². The zero-order chi connectivity index (χ0) is 20.3. The van der Waals surface area contributed by atoms with Gasteiger partial charge in [-0.2, -0.15) is 4.37 Å². The van der Waals surface area contributed by atoms with E-state index in [-0.39, 0.29) is 29.9 Å². The molecule has 2 amide bonds. The Morgan fingerprint density at radius 2 is 2.07 bits per heavy atom. The number of amides is 2. The number of nitrogens with one attached hydrogen (secondary N) is 2. The maximum Gasteiger partial charge on any atom is 0.290 e.